The van der Waals surface area contributed by atoms with Crippen LogP contribution in [0.5, 0.6) is 0 Å². The molecule has 0 unspecified atom stereocenters. The van der Waals surface area contributed by atoms with Crippen LogP contribution in [0.15, 0.2) is 85.0 Å². The average molecular weight is 304 g/mol. The first-order chi connectivity index (χ1) is 11.4. The van der Waals surface area contributed by atoms with E-state index in [1.54, 1.807) is 0 Å². The van der Waals surface area contributed by atoms with Gasteiger partial charge in [-0.25, -0.2) is 0 Å². The number of hydrogen-bond donors (Lipinski definition) is 0. The molecule has 0 heterocycles. The van der Waals surface area contributed by atoms with E-state index in [9.17, 15) is 0 Å². The summed E-state index contributed by atoms with van der Waals surface area (Å²) < 4.78 is 0. The molecule has 0 aromatic heterocycles. The van der Waals surface area contributed by atoms with Crippen molar-refractivity contribution in [2.75, 3.05) is 0 Å². The standard InChI is InChI=1S/C19H16.2C2H6/c1-2-5-11-16(10-4-1)18-14-8-9-15-19(18)17-12-6-3-7-13-17;2*1-2/h1,3-15H,2H2;2*1-2H3. The number of benzene rings is 2. The van der Waals surface area contributed by atoms with E-state index in [0.29, 0.717) is 0 Å². The Bertz CT molecular complexity index is 643. The average Bonchev–Trinajstić information content (AvgIpc) is 2.95. The molecule has 0 aliphatic heterocycles. The second kappa shape index (κ2) is 11.3. The lowest BCUT2D eigenvalue weighted by molar-refractivity contribution is 1.41. The van der Waals surface area contributed by atoms with Crippen molar-refractivity contribution in [2.24, 2.45) is 0 Å². The number of hydrogen-bond acceptors (Lipinski definition) is 0. The molecule has 23 heavy (non-hydrogen) atoms. The first-order valence-corrected chi connectivity index (χ1v) is 8.63. The first kappa shape index (κ1) is 18.7. The molecule has 0 radical (unpaired) electrons. The van der Waals surface area contributed by atoms with Gasteiger partial charge in [-0.3, -0.25) is 0 Å². The lowest BCUT2D eigenvalue weighted by Crippen LogP contribution is -1.87. The van der Waals surface area contributed by atoms with Crippen molar-refractivity contribution < 1.29 is 0 Å². The summed E-state index contributed by atoms with van der Waals surface area (Å²) in [6, 6.07) is 19.1. The quantitative estimate of drug-likeness (QED) is 0.545. The Hall–Kier alpha value is -2.34. The lowest BCUT2D eigenvalue weighted by atomic mass is 9.94. The topological polar surface area (TPSA) is 0 Å². The maximum atomic E-state index is 2.21. The molecular formula is C23H28. The molecule has 0 fully saturated rings. The molecular weight excluding hydrogens is 276 g/mol. The highest BCUT2D eigenvalue weighted by atomic mass is 14.1. The summed E-state index contributed by atoms with van der Waals surface area (Å²) in [7, 11) is 0. The summed E-state index contributed by atoms with van der Waals surface area (Å²) in [6.45, 7) is 8.00. The molecule has 120 valence electrons. The summed E-state index contributed by atoms with van der Waals surface area (Å²) in [6.07, 6.45) is 11.9. The minimum atomic E-state index is 1.01. The van der Waals surface area contributed by atoms with Crippen molar-refractivity contribution >= 4 is 5.57 Å². The fourth-order valence-electron chi connectivity index (χ4n) is 2.36. The van der Waals surface area contributed by atoms with Gasteiger partial charge in [0.2, 0.25) is 0 Å². The van der Waals surface area contributed by atoms with Crippen LogP contribution in [-0.2, 0) is 0 Å². The number of rotatable bonds is 2. The molecule has 0 bridgehead atoms. The second-order valence-corrected chi connectivity index (χ2v) is 4.60. The van der Waals surface area contributed by atoms with E-state index >= 15 is 0 Å². The van der Waals surface area contributed by atoms with Crippen LogP contribution in [0.4, 0.5) is 0 Å². The molecule has 1 aliphatic rings. The maximum absolute atomic E-state index is 2.21. The van der Waals surface area contributed by atoms with Crippen molar-refractivity contribution in [1.82, 2.24) is 0 Å². The van der Waals surface area contributed by atoms with E-state index in [-0.39, 0.29) is 0 Å². The zero-order chi connectivity index (χ0) is 16.9. The Morgan fingerprint density at radius 2 is 1.26 bits per heavy atom. The molecule has 2 aromatic rings. The third-order valence-electron chi connectivity index (χ3n) is 3.30. The summed E-state index contributed by atoms with van der Waals surface area (Å²) >= 11 is 0. The van der Waals surface area contributed by atoms with Crippen LogP contribution in [0.3, 0.4) is 0 Å². The highest BCUT2D eigenvalue weighted by Gasteiger charge is 2.06. The number of allylic oxidation sites excluding steroid dienone is 6. The molecule has 0 N–H and O–H groups in total. The van der Waals surface area contributed by atoms with Crippen LogP contribution in [0, 0.1) is 0 Å². The van der Waals surface area contributed by atoms with Crippen molar-refractivity contribution in [1.29, 1.82) is 0 Å². The normalized spacial score (nSPS) is 12.1. The molecule has 0 atom stereocenters. The van der Waals surface area contributed by atoms with Crippen LogP contribution in [0.2, 0.25) is 0 Å². The lowest BCUT2D eigenvalue weighted by Gasteiger charge is -2.10. The van der Waals surface area contributed by atoms with Gasteiger partial charge in [-0.2, -0.15) is 0 Å². The Morgan fingerprint density at radius 3 is 1.96 bits per heavy atom. The Morgan fingerprint density at radius 1 is 0.652 bits per heavy atom. The van der Waals surface area contributed by atoms with Crippen LogP contribution >= 0.6 is 0 Å². The van der Waals surface area contributed by atoms with Gasteiger partial charge in [-0.1, -0.05) is 113 Å². The predicted molar refractivity (Wildman–Crippen MR) is 105 cm³/mol. The van der Waals surface area contributed by atoms with Crippen LogP contribution in [0.25, 0.3) is 16.7 Å². The van der Waals surface area contributed by atoms with Crippen molar-refractivity contribution in [2.45, 2.75) is 34.1 Å². The fourth-order valence-corrected chi connectivity index (χ4v) is 2.36. The van der Waals surface area contributed by atoms with E-state index in [4.69, 9.17) is 0 Å². The molecule has 0 heteroatoms. The van der Waals surface area contributed by atoms with Gasteiger partial charge in [0.25, 0.3) is 0 Å². The van der Waals surface area contributed by atoms with E-state index < -0.39 is 0 Å². The Balaban J connectivity index is 0.000000615. The van der Waals surface area contributed by atoms with Gasteiger partial charge < -0.3 is 0 Å². The van der Waals surface area contributed by atoms with Gasteiger partial charge in [-0.15, -0.1) is 0 Å². The predicted octanol–water partition coefficient (Wildman–Crippen LogP) is 7.31. The van der Waals surface area contributed by atoms with E-state index in [0.717, 1.165) is 6.42 Å². The molecule has 2 aromatic carbocycles. The summed E-state index contributed by atoms with van der Waals surface area (Å²) in [5.74, 6) is 0. The molecule has 0 nitrogen and oxygen atoms in total. The van der Waals surface area contributed by atoms with Crippen LogP contribution in [0.1, 0.15) is 39.7 Å². The van der Waals surface area contributed by atoms with Gasteiger partial charge in [0.15, 0.2) is 0 Å². The third-order valence-corrected chi connectivity index (χ3v) is 3.30. The maximum Gasteiger partial charge on any atom is -0.0105 e. The summed E-state index contributed by atoms with van der Waals surface area (Å²) in [5.41, 5.74) is 5.11. The van der Waals surface area contributed by atoms with E-state index in [1.807, 2.05) is 27.7 Å². The van der Waals surface area contributed by atoms with Gasteiger partial charge >= 0.3 is 0 Å². The Kier molecular flexibility index (Phi) is 9.16. The summed E-state index contributed by atoms with van der Waals surface area (Å²) in [4.78, 5) is 0. The highest BCUT2D eigenvalue weighted by molar-refractivity contribution is 5.86. The van der Waals surface area contributed by atoms with Gasteiger partial charge in [0.05, 0.1) is 0 Å². The van der Waals surface area contributed by atoms with Gasteiger partial charge in [0.1, 0.15) is 0 Å². The zero-order valence-corrected chi connectivity index (χ0v) is 14.8. The molecule has 0 amide bonds. The third kappa shape index (κ3) is 5.41. The minimum absolute atomic E-state index is 1.01. The zero-order valence-electron chi connectivity index (χ0n) is 14.8. The van der Waals surface area contributed by atoms with Gasteiger partial charge in [-0.05, 0) is 28.7 Å². The molecule has 0 saturated heterocycles. The van der Waals surface area contributed by atoms with Crippen molar-refractivity contribution in [3.63, 3.8) is 0 Å². The first-order valence-electron chi connectivity index (χ1n) is 8.63. The molecule has 1 aliphatic carbocycles. The molecule has 3 rings (SSSR count). The molecule has 0 saturated carbocycles. The van der Waals surface area contributed by atoms with E-state index in [1.165, 1.54) is 22.3 Å². The highest BCUT2D eigenvalue weighted by Crippen LogP contribution is 2.30. The van der Waals surface area contributed by atoms with Crippen molar-refractivity contribution in [3.05, 3.63) is 90.5 Å². The van der Waals surface area contributed by atoms with Crippen LogP contribution in [-0.4, -0.2) is 0 Å². The van der Waals surface area contributed by atoms with Crippen molar-refractivity contribution in [3.8, 4) is 11.1 Å². The largest absolute Gasteiger partial charge is 0.0807 e. The fraction of sp³-hybridized carbons (Fsp3) is 0.217. The smallest absolute Gasteiger partial charge is 0.0105 e. The van der Waals surface area contributed by atoms with Crippen LogP contribution < -0.4 is 0 Å². The SMILES string of the molecule is C1=CCC=CC(c2ccccc2-c2ccccc2)=C1.CC.CC. The van der Waals surface area contributed by atoms with Gasteiger partial charge in [0, 0.05) is 0 Å². The monoisotopic (exact) mass is 304 g/mol. The van der Waals surface area contributed by atoms with E-state index in [2.05, 4.69) is 85.0 Å². The Labute approximate surface area is 141 Å². The molecule has 0 spiro atoms. The summed E-state index contributed by atoms with van der Waals surface area (Å²) in [5, 5.41) is 0. The minimum Gasteiger partial charge on any atom is -0.0807 e. The second-order valence-electron chi connectivity index (χ2n) is 4.60.